The molecule has 0 spiro atoms. The van der Waals surface area contributed by atoms with Gasteiger partial charge in [0.2, 0.25) is 0 Å². The Bertz CT molecular complexity index is 884. The molecule has 0 atom stereocenters. The van der Waals surface area contributed by atoms with E-state index in [1.807, 2.05) is 237 Å². The molecular weight excluding hydrogens is 812 g/mol. The Kier molecular flexibility index (Phi) is 105. The minimum atomic E-state index is 0. The minimum absolute atomic E-state index is 0. The molecule has 6 rings (SSSR count). The summed E-state index contributed by atoms with van der Waals surface area (Å²) in [6.45, 7) is 22.7. The van der Waals surface area contributed by atoms with E-state index in [2.05, 4.69) is 36.4 Å². The molecule has 8 heteroatoms. The molecule has 318 valence electrons. The average Bonchev–Trinajstić information content (AvgIpc) is 3.30. The fourth-order valence-corrected chi connectivity index (χ4v) is 2.87. The summed E-state index contributed by atoms with van der Waals surface area (Å²) in [6.07, 6.45) is 0. The number of benzene rings is 6. The van der Waals surface area contributed by atoms with Crippen LogP contribution in [0.3, 0.4) is 0 Å². The molecule has 6 aromatic carbocycles. The van der Waals surface area contributed by atoms with E-state index >= 15 is 0 Å². The van der Waals surface area contributed by atoms with E-state index in [0.717, 1.165) is 52.9 Å². The van der Waals surface area contributed by atoms with E-state index < -0.39 is 0 Å². The Hall–Kier alpha value is -2.61. The van der Waals surface area contributed by atoms with Crippen molar-refractivity contribution >= 4 is 37.7 Å². The summed E-state index contributed by atoms with van der Waals surface area (Å²) in [6, 6.07) is 75.0. The first-order chi connectivity index (χ1) is 27.7. The Balaban J connectivity index is -0.0000000830. The van der Waals surface area contributed by atoms with Crippen molar-refractivity contribution in [2.45, 2.75) is 55.4 Å². The van der Waals surface area contributed by atoms with Crippen LogP contribution in [0, 0.1) is 36.4 Å². The van der Waals surface area contributed by atoms with Gasteiger partial charge in [-0.2, -0.15) is 218 Å². The van der Waals surface area contributed by atoms with Crippen molar-refractivity contribution in [3.05, 3.63) is 218 Å². The minimum Gasteiger partial charge on any atom is -0.382 e. The van der Waals surface area contributed by atoms with Crippen molar-refractivity contribution in [2.24, 2.45) is 0 Å². The Morgan fingerprint density at radius 2 is 0.317 bits per heavy atom. The fourth-order valence-electron chi connectivity index (χ4n) is 2.87. The second-order valence-electron chi connectivity index (χ2n) is 9.59. The predicted molar refractivity (Wildman–Crippen MR) is 252 cm³/mol. The molecule has 0 bridgehead atoms. The molecule has 6 aromatic rings. The van der Waals surface area contributed by atoms with Gasteiger partial charge in [-0.25, -0.2) is 0 Å². The summed E-state index contributed by atoms with van der Waals surface area (Å²) < 4.78 is 19.3. The zero-order valence-electron chi connectivity index (χ0n) is 38.4. The normalized spacial score (nSPS) is 7.60. The van der Waals surface area contributed by atoms with Gasteiger partial charge in [-0.15, -0.1) is 0 Å². The second-order valence-corrected chi connectivity index (χ2v) is 9.59. The van der Waals surface area contributed by atoms with Gasteiger partial charge in [0.1, 0.15) is 0 Å². The standard InChI is InChI=1S/6C6H5.4C4H10O.2Li.2Mn/c6*1-2-4-6-5-3-1;4*1-3-5-4-2;;;;/h6*1-5H;4*3-4H2,1-2H3;;;;/q6*-1;;;;;;;2*+3. The van der Waals surface area contributed by atoms with Crippen molar-refractivity contribution in [3.63, 3.8) is 0 Å². The summed E-state index contributed by atoms with van der Waals surface area (Å²) >= 11 is 0. The number of hydrogen-bond acceptors (Lipinski definition) is 4. The van der Waals surface area contributed by atoms with Crippen LogP contribution in [0.15, 0.2) is 182 Å². The molecule has 0 heterocycles. The third-order valence-corrected chi connectivity index (χ3v) is 5.28. The van der Waals surface area contributed by atoms with Gasteiger partial charge in [0.15, 0.2) is 0 Å². The van der Waals surface area contributed by atoms with Crippen LogP contribution >= 0.6 is 0 Å². The van der Waals surface area contributed by atoms with E-state index in [1.165, 1.54) is 0 Å². The first-order valence-electron chi connectivity index (χ1n) is 19.4. The Morgan fingerprint density at radius 3 is 0.333 bits per heavy atom. The van der Waals surface area contributed by atoms with E-state index in [-0.39, 0.29) is 71.9 Å². The van der Waals surface area contributed by atoms with E-state index in [0.29, 0.717) is 0 Å². The predicted octanol–water partition coefficient (Wildman–Crippen LogP) is 12.3. The SMILES string of the molecule is CCOCC.CCOCC.CCOCC.CCOCC.[Li].[Li].[Mn+3].[Mn+3].[c-]1ccccc1.[c-]1ccccc1.[c-]1ccccc1.[c-]1ccccc1.[c-]1ccccc1.[c-]1ccccc1. The molecule has 60 heavy (non-hydrogen) atoms. The van der Waals surface area contributed by atoms with Gasteiger partial charge < -0.3 is 18.9 Å². The van der Waals surface area contributed by atoms with Crippen LogP contribution in [0.2, 0.25) is 0 Å². The Labute approximate surface area is 414 Å². The average molecular weight is 883 g/mol. The zero-order chi connectivity index (χ0) is 41.9. The number of rotatable bonds is 8. The molecule has 0 saturated carbocycles. The third-order valence-electron chi connectivity index (χ3n) is 5.28. The molecule has 0 amide bonds. The van der Waals surface area contributed by atoms with Gasteiger partial charge in [-0.3, -0.25) is 0 Å². The van der Waals surface area contributed by atoms with Crippen LogP contribution in [-0.4, -0.2) is 90.6 Å². The van der Waals surface area contributed by atoms with Gasteiger partial charge in [-0.1, -0.05) is 0 Å². The number of ether oxygens (including phenoxy) is 4. The molecule has 0 N–H and O–H groups in total. The fraction of sp³-hybridized carbons (Fsp3) is 0.308. The molecule has 4 nitrogen and oxygen atoms in total. The third kappa shape index (κ3) is 95.7. The van der Waals surface area contributed by atoms with Gasteiger partial charge in [0.25, 0.3) is 0 Å². The van der Waals surface area contributed by atoms with Crippen LogP contribution in [-0.2, 0) is 53.1 Å². The molecule has 2 radical (unpaired) electrons. The maximum Gasteiger partial charge on any atom is 3.00 e. The topological polar surface area (TPSA) is 36.9 Å². The van der Waals surface area contributed by atoms with E-state index in [9.17, 15) is 0 Å². The van der Waals surface area contributed by atoms with Crippen molar-refractivity contribution in [1.82, 2.24) is 0 Å². The monoisotopic (exact) mass is 882 g/mol. The van der Waals surface area contributed by atoms with Gasteiger partial charge in [0.05, 0.1) is 0 Å². The van der Waals surface area contributed by atoms with Gasteiger partial charge >= 0.3 is 34.1 Å². The van der Waals surface area contributed by atoms with Crippen molar-refractivity contribution in [1.29, 1.82) is 0 Å². The Morgan fingerprint density at radius 1 is 0.217 bits per heavy atom. The van der Waals surface area contributed by atoms with Crippen LogP contribution in [0.1, 0.15) is 55.4 Å². The maximum absolute atomic E-state index is 4.83. The molecular formula is C52H70Li2Mn2O4. The largest absolute Gasteiger partial charge is 3.00 e. The number of hydrogen-bond donors (Lipinski definition) is 0. The van der Waals surface area contributed by atoms with Gasteiger partial charge in [-0.05, 0) is 55.4 Å². The molecule has 0 unspecified atom stereocenters. The smallest absolute Gasteiger partial charge is 0.382 e. The quantitative estimate of drug-likeness (QED) is 0.113. The van der Waals surface area contributed by atoms with Crippen LogP contribution in [0.4, 0.5) is 0 Å². The van der Waals surface area contributed by atoms with Crippen molar-refractivity contribution in [3.8, 4) is 0 Å². The first kappa shape index (κ1) is 74.8. The van der Waals surface area contributed by atoms with Crippen LogP contribution in [0.25, 0.3) is 0 Å². The summed E-state index contributed by atoms with van der Waals surface area (Å²) in [5.41, 5.74) is 0. The molecule has 0 aliphatic heterocycles. The van der Waals surface area contributed by atoms with Crippen LogP contribution < -0.4 is 0 Å². The maximum atomic E-state index is 4.83. The summed E-state index contributed by atoms with van der Waals surface area (Å²) in [4.78, 5) is 0. The molecule has 0 aliphatic carbocycles. The summed E-state index contributed by atoms with van der Waals surface area (Å²) in [5, 5.41) is 0. The second kappa shape index (κ2) is 84.0. The van der Waals surface area contributed by atoms with E-state index in [1.54, 1.807) is 0 Å². The van der Waals surface area contributed by atoms with Gasteiger partial charge in [0, 0.05) is 90.6 Å². The van der Waals surface area contributed by atoms with E-state index in [4.69, 9.17) is 18.9 Å². The molecule has 0 saturated heterocycles. The summed E-state index contributed by atoms with van der Waals surface area (Å²) in [5.74, 6) is 0. The van der Waals surface area contributed by atoms with Crippen LogP contribution in [0.5, 0.6) is 0 Å². The molecule has 0 aliphatic rings. The van der Waals surface area contributed by atoms with Crippen molar-refractivity contribution in [2.75, 3.05) is 52.9 Å². The summed E-state index contributed by atoms with van der Waals surface area (Å²) in [7, 11) is 0. The van der Waals surface area contributed by atoms with Crippen molar-refractivity contribution < 1.29 is 53.1 Å². The molecule has 0 fully saturated rings. The molecule has 0 aromatic heterocycles. The first-order valence-corrected chi connectivity index (χ1v) is 19.4. The zero-order valence-corrected chi connectivity index (χ0v) is 40.7.